The molecule has 2 aromatic carbocycles. The van der Waals surface area contributed by atoms with Crippen molar-refractivity contribution in [3.63, 3.8) is 0 Å². The van der Waals surface area contributed by atoms with Crippen LogP contribution in [0.25, 0.3) is 0 Å². The van der Waals surface area contributed by atoms with Crippen LogP contribution in [0, 0.1) is 0 Å². The van der Waals surface area contributed by atoms with Gasteiger partial charge in [0.25, 0.3) is 5.91 Å². The van der Waals surface area contributed by atoms with Crippen LogP contribution in [0.4, 0.5) is 8.78 Å². The fourth-order valence-electron chi connectivity index (χ4n) is 2.33. The highest BCUT2D eigenvalue weighted by atomic mass is 32.2. The molecule has 0 aromatic heterocycles. The average Bonchev–Trinajstić information content (AvgIpc) is 2.63. The summed E-state index contributed by atoms with van der Waals surface area (Å²) in [6.45, 7) is -1.15. The molecule has 1 unspecified atom stereocenters. The smallest absolute Gasteiger partial charge is 0.387 e. The number of carboxylic acid groups (broad SMARTS) is 1. The van der Waals surface area contributed by atoms with Gasteiger partial charge in [-0.3, -0.25) is 9.59 Å². The highest BCUT2D eigenvalue weighted by Gasteiger charge is 2.18. The van der Waals surface area contributed by atoms with Crippen molar-refractivity contribution in [3.05, 3.63) is 59.7 Å². The van der Waals surface area contributed by atoms with Gasteiger partial charge in [0, 0.05) is 11.4 Å². The second-order valence-corrected chi connectivity index (χ2v) is 6.97. The standard InChI is InChI=1S/C19H19F2NO4S/c1-12(18(24)25)27-16-9-5-3-7-14(16)17(23)22-11-10-13-6-2-4-8-15(13)26-19(20)21/h2-9,12,19H,10-11H2,1H3,(H,22,23)(H,24,25). The molecule has 2 aromatic rings. The Kier molecular flexibility index (Phi) is 7.60. The molecule has 0 aliphatic rings. The minimum absolute atomic E-state index is 0.0768. The van der Waals surface area contributed by atoms with E-state index in [4.69, 9.17) is 5.11 Å². The van der Waals surface area contributed by atoms with Crippen LogP contribution in [0.1, 0.15) is 22.8 Å². The molecule has 2 N–H and O–H groups in total. The Morgan fingerprint density at radius 3 is 2.52 bits per heavy atom. The fourth-order valence-corrected chi connectivity index (χ4v) is 3.25. The minimum Gasteiger partial charge on any atom is -0.480 e. The fraction of sp³-hybridized carbons (Fsp3) is 0.263. The number of halogens is 2. The Balaban J connectivity index is 2.00. The average molecular weight is 395 g/mol. The molecule has 0 bridgehead atoms. The van der Waals surface area contributed by atoms with Gasteiger partial charge in [-0.1, -0.05) is 30.3 Å². The third-order valence-corrected chi connectivity index (χ3v) is 4.82. The van der Waals surface area contributed by atoms with Crippen molar-refractivity contribution in [2.24, 2.45) is 0 Å². The molecular weight excluding hydrogens is 376 g/mol. The van der Waals surface area contributed by atoms with Crippen molar-refractivity contribution >= 4 is 23.6 Å². The molecule has 2 rings (SSSR count). The summed E-state index contributed by atoms with van der Waals surface area (Å²) in [5.41, 5.74) is 0.924. The number of nitrogens with one attached hydrogen (secondary N) is 1. The van der Waals surface area contributed by atoms with Crippen LogP contribution in [0.15, 0.2) is 53.4 Å². The minimum atomic E-state index is -2.92. The SMILES string of the molecule is CC(Sc1ccccc1C(=O)NCCc1ccccc1OC(F)F)C(=O)O. The second kappa shape index (κ2) is 9.91. The van der Waals surface area contributed by atoms with E-state index in [-0.39, 0.29) is 18.2 Å². The maximum Gasteiger partial charge on any atom is 0.387 e. The molecule has 0 fully saturated rings. The van der Waals surface area contributed by atoms with Gasteiger partial charge in [0.1, 0.15) is 11.0 Å². The van der Waals surface area contributed by atoms with Gasteiger partial charge < -0.3 is 15.2 Å². The van der Waals surface area contributed by atoms with Gasteiger partial charge in [0.05, 0.1) is 5.56 Å². The quantitative estimate of drug-likeness (QED) is 0.631. The van der Waals surface area contributed by atoms with Gasteiger partial charge in [-0.15, -0.1) is 11.8 Å². The maximum atomic E-state index is 12.4. The number of carbonyl (C=O) groups is 2. The number of hydrogen-bond acceptors (Lipinski definition) is 4. The topological polar surface area (TPSA) is 75.6 Å². The summed E-state index contributed by atoms with van der Waals surface area (Å²) in [5.74, 6) is -1.25. The van der Waals surface area contributed by atoms with Gasteiger partial charge in [-0.05, 0) is 37.1 Å². The van der Waals surface area contributed by atoms with Crippen LogP contribution in [-0.4, -0.2) is 35.4 Å². The lowest BCUT2D eigenvalue weighted by molar-refractivity contribution is -0.136. The van der Waals surface area contributed by atoms with E-state index in [1.165, 1.54) is 6.07 Å². The van der Waals surface area contributed by atoms with E-state index in [9.17, 15) is 18.4 Å². The summed E-state index contributed by atoms with van der Waals surface area (Å²) in [5, 5.41) is 11.1. The van der Waals surface area contributed by atoms with E-state index < -0.39 is 17.8 Å². The molecule has 144 valence electrons. The second-order valence-electron chi connectivity index (χ2n) is 5.59. The number of aliphatic carboxylic acids is 1. The number of thioether (sulfide) groups is 1. The van der Waals surface area contributed by atoms with E-state index in [2.05, 4.69) is 10.1 Å². The zero-order valence-corrected chi connectivity index (χ0v) is 15.3. The van der Waals surface area contributed by atoms with Gasteiger partial charge in [0.15, 0.2) is 0 Å². The number of rotatable bonds is 9. The van der Waals surface area contributed by atoms with E-state index in [0.29, 0.717) is 22.4 Å². The summed E-state index contributed by atoms with van der Waals surface area (Å²) in [7, 11) is 0. The molecule has 0 saturated heterocycles. The lowest BCUT2D eigenvalue weighted by Gasteiger charge is -2.13. The van der Waals surface area contributed by atoms with E-state index in [1.807, 2.05) is 0 Å². The van der Waals surface area contributed by atoms with E-state index >= 15 is 0 Å². The molecule has 5 nitrogen and oxygen atoms in total. The molecule has 0 heterocycles. The Hall–Kier alpha value is -2.61. The highest BCUT2D eigenvalue weighted by molar-refractivity contribution is 8.00. The first-order valence-corrected chi connectivity index (χ1v) is 9.06. The van der Waals surface area contributed by atoms with Crippen molar-refractivity contribution in [1.29, 1.82) is 0 Å². The Bertz CT molecular complexity index is 801. The molecule has 0 spiro atoms. The first kappa shape index (κ1) is 20.7. The molecule has 27 heavy (non-hydrogen) atoms. The monoisotopic (exact) mass is 395 g/mol. The molecule has 1 atom stereocenters. The summed E-state index contributed by atoms with van der Waals surface area (Å²) >= 11 is 1.08. The molecule has 0 aliphatic carbocycles. The number of hydrogen-bond donors (Lipinski definition) is 2. The van der Waals surface area contributed by atoms with Gasteiger partial charge in [-0.25, -0.2) is 0 Å². The predicted octanol–water partition coefficient (Wildman–Crippen LogP) is 3.83. The van der Waals surface area contributed by atoms with Crippen LogP contribution in [0.5, 0.6) is 5.75 Å². The lowest BCUT2D eigenvalue weighted by Crippen LogP contribution is -2.26. The molecule has 1 amide bonds. The predicted molar refractivity (Wildman–Crippen MR) is 98.5 cm³/mol. The third kappa shape index (κ3) is 6.25. The molecule has 0 saturated carbocycles. The Morgan fingerprint density at radius 2 is 1.81 bits per heavy atom. The molecule has 0 aliphatic heterocycles. The zero-order valence-electron chi connectivity index (χ0n) is 14.5. The van der Waals surface area contributed by atoms with Crippen LogP contribution in [0.3, 0.4) is 0 Å². The van der Waals surface area contributed by atoms with Gasteiger partial charge >= 0.3 is 12.6 Å². The number of alkyl halides is 2. The van der Waals surface area contributed by atoms with E-state index in [0.717, 1.165) is 11.8 Å². The maximum absolute atomic E-state index is 12.4. The molecule has 0 radical (unpaired) electrons. The van der Waals surface area contributed by atoms with Crippen molar-refractivity contribution in [2.45, 2.75) is 30.1 Å². The number of benzene rings is 2. The van der Waals surface area contributed by atoms with Crippen molar-refractivity contribution in [3.8, 4) is 5.75 Å². The normalized spacial score (nSPS) is 11.9. The Morgan fingerprint density at radius 1 is 1.15 bits per heavy atom. The number of amides is 1. The first-order valence-electron chi connectivity index (χ1n) is 8.18. The largest absolute Gasteiger partial charge is 0.480 e. The van der Waals surface area contributed by atoms with Crippen LogP contribution < -0.4 is 10.1 Å². The van der Waals surface area contributed by atoms with Crippen molar-refractivity contribution in [1.82, 2.24) is 5.32 Å². The Labute approximate surface area is 159 Å². The number of carbonyl (C=O) groups excluding carboxylic acids is 1. The molecular formula is C19H19F2NO4S. The third-order valence-electron chi connectivity index (χ3n) is 3.65. The number of para-hydroxylation sites is 1. The highest BCUT2D eigenvalue weighted by Crippen LogP contribution is 2.27. The lowest BCUT2D eigenvalue weighted by atomic mass is 10.1. The van der Waals surface area contributed by atoms with Crippen LogP contribution in [-0.2, 0) is 11.2 Å². The number of carboxylic acids is 1. The summed E-state index contributed by atoms with van der Waals surface area (Å²) < 4.78 is 29.4. The van der Waals surface area contributed by atoms with Crippen LogP contribution >= 0.6 is 11.8 Å². The zero-order chi connectivity index (χ0) is 19.8. The molecule has 8 heteroatoms. The van der Waals surface area contributed by atoms with E-state index in [1.54, 1.807) is 49.4 Å². The summed E-state index contributed by atoms with van der Waals surface area (Å²) in [6, 6.07) is 13.1. The summed E-state index contributed by atoms with van der Waals surface area (Å²) in [6.07, 6.45) is 0.315. The number of ether oxygens (including phenoxy) is 1. The van der Waals surface area contributed by atoms with Gasteiger partial charge in [-0.2, -0.15) is 8.78 Å². The van der Waals surface area contributed by atoms with Crippen molar-refractivity contribution in [2.75, 3.05) is 6.54 Å². The van der Waals surface area contributed by atoms with Gasteiger partial charge in [0.2, 0.25) is 0 Å². The van der Waals surface area contributed by atoms with Crippen molar-refractivity contribution < 1.29 is 28.2 Å². The first-order chi connectivity index (χ1) is 12.9. The van der Waals surface area contributed by atoms with Crippen LogP contribution in [0.2, 0.25) is 0 Å². The summed E-state index contributed by atoms with van der Waals surface area (Å²) in [4.78, 5) is 24.0.